The van der Waals surface area contributed by atoms with Crippen molar-refractivity contribution in [3.05, 3.63) is 56.3 Å². The summed E-state index contributed by atoms with van der Waals surface area (Å²) in [5.41, 5.74) is 3.88. The molecule has 0 amide bonds. The number of hydrogen-bond acceptors (Lipinski definition) is 4. The number of aryl methyl sites for hydroxylation is 3. The molecule has 1 heterocycles. The van der Waals surface area contributed by atoms with Gasteiger partial charge < -0.3 is 4.74 Å². The van der Waals surface area contributed by atoms with E-state index in [-0.39, 0.29) is 18.2 Å². The Balaban J connectivity index is 2.31. The fourth-order valence-electron chi connectivity index (χ4n) is 2.47. The predicted octanol–water partition coefficient (Wildman–Crippen LogP) is 3.62. The van der Waals surface area contributed by atoms with Gasteiger partial charge in [-0.1, -0.05) is 17.7 Å². The topological polar surface area (TPSA) is 43.4 Å². The molecule has 0 aliphatic carbocycles. The molecule has 0 atom stereocenters. The summed E-state index contributed by atoms with van der Waals surface area (Å²) in [6.07, 6.45) is 0.209. The lowest BCUT2D eigenvalue weighted by molar-refractivity contribution is -0.139. The van der Waals surface area contributed by atoms with E-state index >= 15 is 0 Å². The molecule has 1 aromatic heterocycles. The molecule has 0 aliphatic rings. The average molecular weight is 302 g/mol. The zero-order chi connectivity index (χ0) is 15.6. The molecule has 0 N–H and O–H groups in total. The molecule has 2 aromatic rings. The Morgan fingerprint density at radius 3 is 2.29 bits per heavy atom. The van der Waals surface area contributed by atoms with E-state index in [2.05, 4.69) is 4.74 Å². The van der Waals surface area contributed by atoms with Crippen molar-refractivity contribution in [2.75, 3.05) is 7.11 Å². The van der Waals surface area contributed by atoms with Gasteiger partial charge in [-0.05, 0) is 44.0 Å². The second-order valence-corrected chi connectivity index (χ2v) is 6.29. The van der Waals surface area contributed by atoms with Crippen LogP contribution in [0.5, 0.6) is 0 Å². The molecule has 110 valence electrons. The van der Waals surface area contributed by atoms with Crippen molar-refractivity contribution in [1.29, 1.82) is 0 Å². The van der Waals surface area contributed by atoms with Gasteiger partial charge >= 0.3 is 5.97 Å². The molecule has 0 aliphatic heterocycles. The largest absolute Gasteiger partial charge is 0.469 e. The maximum Gasteiger partial charge on any atom is 0.310 e. The molecule has 0 bridgehead atoms. The summed E-state index contributed by atoms with van der Waals surface area (Å²) in [6, 6.07) is 7.63. The molecule has 0 saturated carbocycles. The van der Waals surface area contributed by atoms with Crippen LogP contribution in [0.1, 0.15) is 36.8 Å². The van der Waals surface area contributed by atoms with E-state index in [4.69, 9.17) is 0 Å². The smallest absolute Gasteiger partial charge is 0.310 e. The summed E-state index contributed by atoms with van der Waals surface area (Å²) >= 11 is 1.35. The highest BCUT2D eigenvalue weighted by Crippen LogP contribution is 2.25. The molecule has 1 aromatic carbocycles. The third kappa shape index (κ3) is 3.39. The Hall–Kier alpha value is -1.94. The third-order valence-electron chi connectivity index (χ3n) is 3.34. The SMILES string of the molecule is COC(=O)Cc1ccc(C(=O)c2c(C)cc(C)cc2C)s1. The van der Waals surface area contributed by atoms with Crippen LogP contribution in [-0.2, 0) is 16.0 Å². The Morgan fingerprint density at radius 1 is 1.10 bits per heavy atom. The van der Waals surface area contributed by atoms with Crippen molar-refractivity contribution in [1.82, 2.24) is 0 Å². The van der Waals surface area contributed by atoms with Crippen molar-refractivity contribution in [2.45, 2.75) is 27.2 Å². The Morgan fingerprint density at radius 2 is 1.71 bits per heavy atom. The lowest BCUT2D eigenvalue weighted by atomic mass is 9.96. The van der Waals surface area contributed by atoms with E-state index in [0.717, 1.165) is 27.1 Å². The maximum atomic E-state index is 12.7. The highest BCUT2D eigenvalue weighted by molar-refractivity contribution is 7.14. The second kappa shape index (κ2) is 6.22. The number of carbonyl (C=O) groups excluding carboxylic acids is 2. The van der Waals surface area contributed by atoms with E-state index in [1.165, 1.54) is 18.4 Å². The number of hydrogen-bond donors (Lipinski definition) is 0. The van der Waals surface area contributed by atoms with Crippen molar-refractivity contribution in [2.24, 2.45) is 0 Å². The van der Waals surface area contributed by atoms with Crippen LogP contribution >= 0.6 is 11.3 Å². The van der Waals surface area contributed by atoms with Gasteiger partial charge in [0.15, 0.2) is 0 Å². The number of esters is 1. The number of thiophene rings is 1. The van der Waals surface area contributed by atoms with Crippen LogP contribution < -0.4 is 0 Å². The summed E-state index contributed by atoms with van der Waals surface area (Å²) < 4.78 is 4.64. The Bertz CT molecular complexity index is 675. The van der Waals surface area contributed by atoms with Crippen LogP contribution in [0, 0.1) is 20.8 Å². The van der Waals surface area contributed by atoms with Gasteiger partial charge in [0, 0.05) is 10.4 Å². The lowest BCUT2D eigenvalue weighted by Crippen LogP contribution is -2.05. The summed E-state index contributed by atoms with van der Waals surface area (Å²) in [5.74, 6) is -0.273. The van der Waals surface area contributed by atoms with E-state index in [1.807, 2.05) is 39.0 Å². The first-order chi connectivity index (χ1) is 9.92. The first-order valence-corrected chi connectivity index (χ1v) is 7.52. The Labute approximate surface area is 128 Å². The minimum Gasteiger partial charge on any atom is -0.469 e. The molecule has 3 nitrogen and oxygen atoms in total. The summed E-state index contributed by atoms with van der Waals surface area (Å²) in [4.78, 5) is 25.4. The number of rotatable bonds is 4. The fourth-order valence-corrected chi connectivity index (χ4v) is 3.41. The molecule has 0 fully saturated rings. The summed E-state index contributed by atoms with van der Waals surface area (Å²) in [5, 5.41) is 0. The molecule has 21 heavy (non-hydrogen) atoms. The molecular weight excluding hydrogens is 284 g/mol. The van der Waals surface area contributed by atoms with Crippen molar-refractivity contribution >= 4 is 23.1 Å². The zero-order valence-electron chi connectivity index (χ0n) is 12.6. The number of methoxy groups -OCH3 is 1. The predicted molar refractivity (Wildman–Crippen MR) is 84.1 cm³/mol. The van der Waals surface area contributed by atoms with Gasteiger partial charge in [-0.25, -0.2) is 0 Å². The molecule has 0 saturated heterocycles. The van der Waals surface area contributed by atoms with Crippen LogP contribution in [0.3, 0.4) is 0 Å². The van der Waals surface area contributed by atoms with Crippen LogP contribution in [0.25, 0.3) is 0 Å². The maximum absolute atomic E-state index is 12.7. The number of carbonyl (C=O) groups is 2. The molecule has 0 radical (unpaired) electrons. The standard InChI is InChI=1S/C17H18O3S/c1-10-7-11(2)16(12(3)8-10)17(19)14-6-5-13(21-14)9-15(18)20-4/h5-8H,9H2,1-4H3. The Kier molecular flexibility index (Phi) is 4.58. The molecule has 0 unspecified atom stereocenters. The average Bonchev–Trinajstić information content (AvgIpc) is 2.85. The minimum atomic E-state index is -0.293. The monoisotopic (exact) mass is 302 g/mol. The zero-order valence-corrected chi connectivity index (χ0v) is 13.5. The van der Waals surface area contributed by atoms with Crippen molar-refractivity contribution in [3.8, 4) is 0 Å². The second-order valence-electron chi connectivity index (χ2n) is 5.12. The minimum absolute atomic E-state index is 0.0196. The first kappa shape index (κ1) is 15.4. The van der Waals surface area contributed by atoms with Gasteiger partial charge in [-0.2, -0.15) is 0 Å². The fraction of sp³-hybridized carbons (Fsp3) is 0.294. The van der Waals surface area contributed by atoms with Crippen LogP contribution in [0.15, 0.2) is 24.3 Å². The highest BCUT2D eigenvalue weighted by atomic mass is 32.1. The lowest BCUT2D eigenvalue weighted by Gasteiger charge is -2.09. The first-order valence-electron chi connectivity index (χ1n) is 6.70. The van der Waals surface area contributed by atoms with Gasteiger partial charge in [0.2, 0.25) is 5.78 Å². The molecule has 0 spiro atoms. The quantitative estimate of drug-likeness (QED) is 0.640. The van der Waals surface area contributed by atoms with E-state index in [9.17, 15) is 9.59 Å². The summed E-state index contributed by atoms with van der Waals surface area (Å²) in [6.45, 7) is 5.93. The van der Waals surface area contributed by atoms with Gasteiger partial charge in [-0.15, -0.1) is 11.3 Å². The van der Waals surface area contributed by atoms with E-state index in [0.29, 0.717) is 4.88 Å². The highest BCUT2D eigenvalue weighted by Gasteiger charge is 2.17. The summed E-state index contributed by atoms with van der Waals surface area (Å²) in [7, 11) is 1.36. The van der Waals surface area contributed by atoms with Crippen LogP contribution in [0.4, 0.5) is 0 Å². The molecule has 2 rings (SSSR count). The molecule has 4 heteroatoms. The van der Waals surface area contributed by atoms with Gasteiger partial charge in [0.25, 0.3) is 0 Å². The molecular formula is C17H18O3S. The number of ether oxygens (including phenoxy) is 1. The van der Waals surface area contributed by atoms with Crippen molar-refractivity contribution < 1.29 is 14.3 Å². The third-order valence-corrected chi connectivity index (χ3v) is 4.42. The van der Waals surface area contributed by atoms with Crippen molar-refractivity contribution in [3.63, 3.8) is 0 Å². The van der Waals surface area contributed by atoms with Gasteiger partial charge in [0.1, 0.15) is 0 Å². The van der Waals surface area contributed by atoms with Crippen LogP contribution in [0.2, 0.25) is 0 Å². The number of ketones is 1. The number of benzene rings is 1. The van der Waals surface area contributed by atoms with Gasteiger partial charge in [0.05, 0.1) is 18.4 Å². The van der Waals surface area contributed by atoms with Crippen LogP contribution in [-0.4, -0.2) is 18.9 Å². The van der Waals surface area contributed by atoms with Gasteiger partial charge in [-0.3, -0.25) is 9.59 Å². The van der Waals surface area contributed by atoms with E-state index < -0.39 is 0 Å². The normalized spacial score (nSPS) is 10.5. The van der Waals surface area contributed by atoms with E-state index in [1.54, 1.807) is 6.07 Å².